The first-order valence-electron chi connectivity index (χ1n) is 25.8. The number of carbonyl (C=O) groups excluding carboxylic acids is 4. The van der Waals surface area contributed by atoms with Crippen LogP contribution in [-0.4, -0.2) is 137 Å². The minimum absolute atomic E-state index is 0.00761. The number of nitrogens with zero attached hydrogens (tertiary/aromatic N) is 6. The minimum Gasteiger partial charge on any atom is -0.491 e. The van der Waals surface area contributed by atoms with Crippen molar-refractivity contribution in [2.24, 2.45) is 17.3 Å². The lowest BCUT2D eigenvalue weighted by molar-refractivity contribution is -0.207. The summed E-state index contributed by atoms with van der Waals surface area (Å²) in [6.07, 6.45) is 2.44. The number of ether oxygens (including phenoxy) is 4. The number of aryl methyl sites for hydroxylation is 1. The number of alkyl halides is 3. The summed E-state index contributed by atoms with van der Waals surface area (Å²) in [5.74, 6) is -3.14. The highest BCUT2D eigenvalue weighted by Gasteiger charge is 2.58. The summed E-state index contributed by atoms with van der Waals surface area (Å²) in [7, 11) is 0. The Bertz CT molecular complexity index is 2940. The van der Waals surface area contributed by atoms with E-state index >= 15 is 0 Å². The minimum atomic E-state index is -4.74. The van der Waals surface area contributed by atoms with Gasteiger partial charge in [-0.25, -0.2) is 9.37 Å². The normalized spacial score (nSPS) is 25.2. The smallest absolute Gasteiger partial charge is 0.399 e. The Kier molecular flexibility index (Phi) is 17.2. The molecule has 418 valence electrons. The fourth-order valence-corrected chi connectivity index (χ4v) is 12.4. The van der Waals surface area contributed by atoms with Crippen LogP contribution in [0.4, 0.5) is 23.2 Å². The van der Waals surface area contributed by atoms with Crippen molar-refractivity contribution in [3.8, 4) is 11.8 Å². The zero-order chi connectivity index (χ0) is 56.5. The summed E-state index contributed by atoms with van der Waals surface area (Å²) in [6, 6.07) is 10.6. The summed E-state index contributed by atoms with van der Waals surface area (Å²) in [5.41, 5.74) is -0.253. The molecule has 2 N–H and O–H groups in total. The van der Waals surface area contributed by atoms with Gasteiger partial charge in [-0.2, -0.15) is 18.4 Å². The number of β-amino-alcohol motifs (C(OH)–C–C–N with tert-alkyl or cyclic N) is 1. The SMILES string of the molecule is Cc1ncsc1C1(C)C=C(OCCOCCOCCOc2ccc(N3C(S)N(C4=CC(C)(C(F)(F)F)C(C#N)C=C4)C(=O)C3(C)C)cc2)C(CNC(=O)[C@@H]2C[C@@H](O)CN2C(=O)[C@H](C(C)C)N2Cc3ccc(F)cc3C2=O)=CC1. The number of rotatable bonds is 20. The highest BCUT2D eigenvalue weighted by atomic mass is 32.1. The number of hydrogen-bond donors (Lipinski definition) is 3. The van der Waals surface area contributed by atoms with Crippen molar-refractivity contribution < 1.29 is 60.8 Å². The van der Waals surface area contributed by atoms with Crippen LogP contribution in [0.1, 0.15) is 80.9 Å². The molecular formula is C56H65F4N7O9S2. The van der Waals surface area contributed by atoms with Crippen LogP contribution < -0.4 is 15.0 Å². The Morgan fingerprint density at radius 2 is 1.68 bits per heavy atom. The molecule has 0 spiro atoms. The molecule has 16 nitrogen and oxygen atoms in total. The molecular weight excluding hydrogens is 1050 g/mol. The summed E-state index contributed by atoms with van der Waals surface area (Å²) in [5, 5.41) is 23.2. The van der Waals surface area contributed by atoms with Crippen LogP contribution in [0, 0.1) is 41.3 Å². The van der Waals surface area contributed by atoms with Crippen LogP contribution in [0.3, 0.4) is 0 Å². The molecule has 3 aliphatic heterocycles. The topological polar surface area (TPSA) is 187 Å². The van der Waals surface area contributed by atoms with E-state index in [1.165, 1.54) is 45.1 Å². The number of thiol groups is 1. The Hall–Kier alpha value is -6.25. The first kappa shape index (κ1) is 57.9. The van der Waals surface area contributed by atoms with Crippen molar-refractivity contribution >= 4 is 53.3 Å². The van der Waals surface area contributed by atoms with Crippen LogP contribution >= 0.6 is 24.0 Å². The standard InChI is InChI=1S/C56H65F4N7O9S2/c1-33(2)46(65-30-36-8-10-38(57)24-43(36)49(65)70)50(71)64-31-41(68)25-44(64)48(69)62-29-35-16-17-54(6,47-34(3)63-32-78-47)27-45(35)76-23-21-74-19-18-73-20-22-75-42-14-12-39(13-15-42)67-52(77)66(51(72)53(67,4)5)40-11-9-37(28-61)55(7,26-40)56(58,59)60/h8-16,24,26-27,32-33,37,41,44,46,52,68,77H,17-23,25,29-31H2,1-7H3,(H,62,69)/t37?,41-,44+,46+,52?,54?,55?/m1/s1. The second-order valence-corrected chi connectivity index (χ2v) is 22.7. The Balaban J connectivity index is 0.798. The molecule has 78 heavy (non-hydrogen) atoms. The lowest BCUT2D eigenvalue weighted by Crippen LogP contribution is -2.55. The molecule has 7 atom stereocenters. The van der Waals surface area contributed by atoms with Gasteiger partial charge in [0.15, 0.2) is 5.50 Å². The molecule has 2 saturated heterocycles. The molecule has 2 aromatic carbocycles. The molecule has 8 rings (SSSR count). The maximum atomic E-state index is 14.3. The number of thiazole rings is 1. The van der Waals surface area contributed by atoms with Crippen LogP contribution in [0.5, 0.6) is 5.75 Å². The fraction of sp³-hybridized carbons (Fsp3) is 0.500. The number of anilines is 1. The van der Waals surface area contributed by atoms with Gasteiger partial charge in [0.2, 0.25) is 11.8 Å². The van der Waals surface area contributed by atoms with Gasteiger partial charge in [-0.1, -0.05) is 39.0 Å². The summed E-state index contributed by atoms with van der Waals surface area (Å²) < 4.78 is 80.5. The number of likely N-dealkylation sites (tertiary alicyclic amines) is 1. The van der Waals surface area contributed by atoms with Crippen molar-refractivity contribution in [2.45, 2.75) is 109 Å². The van der Waals surface area contributed by atoms with Crippen molar-refractivity contribution in [3.05, 3.63) is 123 Å². The molecule has 0 radical (unpaired) electrons. The number of aromatic nitrogens is 1. The number of nitriles is 1. The van der Waals surface area contributed by atoms with E-state index in [9.17, 15) is 47.1 Å². The Morgan fingerprint density at radius 3 is 2.32 bits per heavy atom. The van der Waals surface area contributed by atoms with E-state index in [4.69, 9.17) is 31.6 Å². The third-order valence-corrected chi connectivity index (χ3v) is 16.8. The number of nitrogens with one attached hydrogen (secondary N) is 1. The third kappa shape index (κ3) is 11.6. The summed E-state index contributed by atoms with van der Waals surface area (Å²) in [6.45, 7) is 13.4. The van der Waals surface area contributed by atoms with Gasteiger partial charge in [0.1, 0.15) is 53.6 Å². The Labute approximate surface area is 460 Å². The molecule has 1 aromatic heterocycles. The largest absolute Gasteiger partial charge is 0.491 e. The van der Waals surface area contributed by atoms with E-state index in [0.717, 1.165) is 29.1 Å². The van der Waals surface area contributed by atoms with Gasteiger partial charge in [0.25, 0.3) is 11.8 Å². The van der Waals surface area contributed by atoms with Crippen LogP contribution in [0.2, 0.25) is 0 Å². The predicted octanol–water partition coefficient (Wildman–Crippen LogP) is 7.75. The van der Waals surface area contributed by atoms with E-state index in [-0.39, 0.29) is 82.9 Å². The van der Waals surface area contributed by atoms with Gasteiger partial charge in [-0.05, 0) is 100 Å². The van der Waals surface area contributed by atoms with E-state index in [1.54, 1.807) is 79.8 Å². The molecule has 2 fully saturated rings. The van der Waals surface area contributed by atoms with Gasteiger partial charge in [-0.3, -0.25) is 24.1 Å². The maximum Gasteiger partial charge on any atom is 0.399 e. The highest BCUT2D eigenvalue weighted by molar-refractivity contribution is 7.81. The maximum absolute atomic E-state index is 14.3. The van der Waals surface area contributed by atoms with Crippen molar-refractivity contribution in [2.75, 3.05) is 57.6 Å². The van der Waals surface area contributed by atoms with Gasteiger partial charge >= 0.3 is 6.18 Å². The number of carbonyl (C=O) groups is 4. The second-order valence-electron chi connectivity index (χ2n) is 21.3. The number of aliphatic hydroxyl groups excluding tert-OH is 1. The highest BCUT2D eigenvalue weighted by Crippen LogP contribution is 2.50. The molecule has 4 unspecified atom stereocenters. The first-order valence-corrected chi connectivity index (χ1v) is 27.2. The van der Waals surface area contributed by atoms with Gasteiger partial charge in [0.05, 0.1) is 55.7 Å². The molecule has 5 aliphatic rings. The number of halogens is 4. The molecule has 0 saturated carbocycles. The van der Waals surface area contributed by atoms with Crippen molar-refractivity contribution in [1.29, 1.82) is 5.26 Å². The van der Waals surface area contributed by atoms with Crippen LogP contribution in [0.25, 0.3) is 0 Å². The van der Waals surface area contributed by atoms with Crippen molar-refractivity contribution in [3.63, 3.8) is 0 Å². The average Bonchev–Trinajstić information content (AvgIpc) is 4.29. The molecule has 0 bridgehead atoms. The van der Waals surface area contributed by atoms with E-state index < -0.39 is 81.6 Å². The Morgan fingerprint density at radius 1 is 1.00 bits per heavy atom. The monoisotopic (exact) mass is 1120 g/mol. The number of amides is 4. The zero-order valence-electron chi connectivity index (χ0n) is 44.5. The zero-order valence-corrected chi connectivity index (χ0v) is 46.2. The number of fused-ring (bicyclic) bond motifs is 1. The van der Waals surface area contributed by atoms with E-state index in [2.05, 4.69) is 17.2 Å². The molecule has 2 aliphatic carbocycles. The van der Waals surface area contributed by atoms with Gasteiger partial charge in [-0.15, -0.1) is 24.0 Å². The van der Waals surface area contributed by atoms with Gasteiger partial charge < -0.3 is 44.1 Å². The van der Waals surface area contributed by atoms with Crippen LogP contribution in [0.15, 0.2) is 95.4 Å². The van der Waals surface area contributed by atoms with E-state index in [0.29, 0.717) is 29.2 Å². The molecule has 3 aromatic rings. The summed E-state index contributed by atoms with van der Waals surface area (Å²) in [4.78, 5) is 66.7. The fourth-order valence-electron chi connectivity index (χ4n) is 10.7. The molecule has 4 heterocycles. The number of allylic oxidation sites excluding steroid dienone is 5. The predicted molar refractivity (Wildman–Crippen MR) is 285 cm³/mol. The molecule has 22 heteroatoms. The first-order chi connectivity index (χ1) is 36.9. The van der Waals surface area contributed by atoms with Crippen molar-refractivity contribution in [1.82, 2.24) is 25.0 Å². The average molecular weight is 1120 g/mol. The number of benzene rings is 2. The lowest BCUT2D eigenvalue weighted by atomic mass is 9.73. The quantitative estimate of drug-likeness (QED) is 0.0568. The third-order valence-electron chi connectivity index (χ3n) is 15.1. The second kappa shape index (κ2) is 23.2. The van der Waals surface area contributed by atoms with Crippen LogP contribution in [-0.2, 0) is 40.6 Å². The molecule has 4 amide bonds. The number of hydrogen-bond acceptors (Lipinski definition) is 14. The van der Waals surface area contributed by atoms with E-state index in [1.807, 2.05) is 19.1 Å². The number of aliphatic hydroxyl groups is 1. The van der Waals surface area contributed by atoms with Gasteiger partial charge in [0, 0.05) is 58.9 Å². The summed E-state index contributed by atoms with van der Waals surface area (Å²) >= 11 is 6.25. The lowest BCUT2D eigenvalue weighted by Gasteiger charge is -2.37.